The lowest BCUT2D eigenvalue weighted by atomic mass is 9.80. The molecule has 1 aliphatic carbocycles. The second-order valence-electron chi connectivity index (χ2n) is 7.09. The van der Waals surface area contributed by atoms with E-state index in [1.54, 1.807) is 0 Å². The lowest BCUT2D eigenvalue weighted by Gasteiger charge is -2.47. The molecule has 0 amide bonds. The normalized spacial score (nSPS) is 31.6. The summed E-state index contributed by atoms with van der Waals surface area (Å²) in [7, 11) is 0. The molecule has 4 nitrogen and oxygen atoms in total. The summed E-state index contributed by atoms with van der Waals surface area (Å²) in [6.07, 6.45) is 7.17. The highest BCUT2D eigenvalue weighted by Crippen LogP contribution is 2.29. The average molecular weight is 283 g/mol. The molecule has 0 radical (unpaired) electrons. The van der Waals surface area contributed by atoms with Gasteiger partial charge in [0.2, 0.25) is 0 Å². The third-order valence-electron chi connectivity index (χ3n) is 5.51. The Morgan fingerprint density at radius 3 is 2.45 bits per heavy atom. The van der Waals surface area contributed by atoms with Crippen LogP contribution >= 0.6 is 0 Å². The molecule has 1 saturated heterocycles. The highest BCUT2D eigenvalue weighted by Gasteiger charge is 2.37. The molecule has 4 heteroatoms. The number of nitrogens with one attached hydrogen (secondary N) is 1. The Labute approximate surface area is 124 Å². The Morgan fingerprint density at radius 1 is 1.25 bits per heavy atom. The topological polar surface area (TPSA) is 61.5 Å². The van der Waals surface area contributed by atoms with Crippen molar-refractivity contribution in [3.8, 4) is 0 Å². The van der Waals surface area contributed by atoms with E-state index in [0.29, 0.717) is 31.2 Å². The van der Waals surface area contributed by atoms with Crippen LogP contribution in [-0.4, -0.2) is 53.9 Å². The third-order valence-corrected chi connectivity index (χ3v) is 5.51. The van der Waals surface area contributed by atoms with Gasteiger partial charge in [-0.1, -0.05) is 12.8 Å². The zero-order valence-electron chi connectivity index (χ0n) is 13.3. The first-order valence-electron chi connectivity index (χ1n) is 8.43. The molecule has 1 heterocycles. The first kappa shape index (κ1) is 16.2. The third kappa shape index (κ3) is 3.73. The van der Waals surface area contributed by atoms with Crippen molar-refractivity contribution in [2.24, 2.45) is 11.7 Å². The van der Waals surface area contributed by atoms with E-state index in [1.165, 1.54) is 19.3 Å². The number of hydrogen-bond donors (Lipinski definition) is 3. The number of nitrogens with two attached hydrogens (primary N) is 1. The van der Waals surface area contributed by atoms with Gasteiger partial charge in [0.15, 0.2) is 0 Å². The molecule has 1 aliphatic heterocycles. The predicted molar refractivity (Wildman–Crippen MR) is 83.7 cm³/mol. The minimum atomic E-state index is 0.0980. The zero-order valence-corrected chi connectivity index (χ0v) is 13.3. The van der Waals surface area contributed by atoms with Gasteiger partial charge in [0.1, 0.15) is 0 Å². The highest BCUT2D eigenvalue weighted by molar-refractivity contribution is 4.98. The van der Waals surface area contributed by atoms with Gasteiger partial charge >= 0.3 is 0 Å². The second-order valence-corrected chi connectivity index (χ2v) is 7.09. The molecule has 2 aliphatic rings. The lowest BCUT2D eigenvalue weighted by Crippen LogP contribution is -2.62. The van der Waals surface area contributed by atoms with Crippen LogP contribution < -0.4 is 11.1 Å². The van der Waals surface area contributed by atoms with Crippen LogP contribution in [0.5, 0.6) is 0 Å². The number of nitrogens with zero attached hydrogens (tertiary/aromatic N) is 1. The van der Waals surface area contributed by atoms with Crippen LogP contribution in [0.4, 0.5) is 0 Å². The van der Waals surface area contributed by atoms with Crippen molar-refractivity contribution in [3.63, 3.8) is 0 Å². The van der Waals surface area contributed by atoms with Gasteiger partial charge in [0.05, 0.1) is 0 Å². The highest BCUT2D eigenvalue weighted by atomic mass is 16.3. The molecule has 20 heavy (non-hydrogen) atoms. The van der Waals surface area contributed by atoms with Crippen molar-refractivity contribution in [2.45, 2.75) is 70.0 Å². The molecular formula is C16H33N3O. The van der Waals surface area contributed by atoms with Crippen LogP contribution in [0.2, 0.25) is 0 Å². The number of piperidine rings is 1. The quantitative estimate of drug-likeness (QED) is 0.712. The summed E-state index contributed by atoms with van der Waals surface area (Å²) in [5, 5.41) is 13.5. The maximum Gasteiger partial charge on any atom is 0.0474 e. The number of hydrogen-bond acceptors (Lipinski definition) is 4. The van der Waals surface area contributed by atoms with Crippen molar-refractivity contribution < 1.29 is 5.11 Å². The number of aliphatic hydroxyl groups is 1. The molecular weight excluding hydrogens is 250 g/mol. The molecule has 2 rings (SSSR count). The standard InChI is InChI=1S/C16H33N3O/c1-13(2)19-9-7-16(12-17,8-10-19)18-15-6-4-3-5-14(15)11-20/h13-15,18,20H,3-12,17H2,1-2H3. The molecule has 2 fully saturated rings. The molecule has 0 spiro atoms. The van der Waals surface area contributed by atoms with Gasteiger partial charge in [0.25, 0.3) is 0 Å². The fraction of sp³-hybridized carbons (Fsp3) is 1.00. The molecule has 0 aromatic carbocycles. The van der Waals surface area contributed by atoms with E-state index in [4.69, 9.17) is 5.73 Å². The minimum absolute atomic E-state index is 0.0980. The minimum Gasteiger partial charge on any atom is -0.396 e. The maximum atomic E-state index is 9.58. The van der Waals surface area contributed by atoms with E-state index in [9.17, 15) is 5.11 Å². The molecule has 118 valence electrons. The van der Waals surface area contributed by atoms with Gasteiger partial charge in [-0.3, -0.25) is 0 Å². The Bertz CT molecular complexity index is 287. The number of likely N-dealkylation sites (tertiary alicyclic amines) is 1. The SMILES string of the molecule is CC(C)N1CCC(CN)(NC2CCCCC2CO)CC1. The first-order valence-corrected chi connectivity index (χ1v) is 8.43. The molecule has 1 saturated carbocycles. The van der Waals surface area contributed by atoms with E-state index in [1.807, 2.05) is 0 Å². The van der Waals surface area contributed by atoms with Crippen molar-refractivity contribution >= 4 is 0 Å². The van der Waals surface area contributed by atoms with Gasteiger partial charge in [0, 0.05) is 43.9 Å². The van der Waals surface area contributed by atoms with Gasteiger partial charge in [-0.2, -0.15) is 0 Å². The monoisotopic (exact) mass is 283 g/mol. The zero-order chi connectivity index (χ0) is 14.6. The van der Waals surface area contributed by atoms with Gasteiger partial charge in [-0.25, -0.2) is 0 Å². The largest absolute Gasteiger partial charge is 0.396 e. The van der Waals surface area contributed by atoms with Gasteiger partial charge < -0.3 is 21.1 Å². The molecule has 2 atom stereocenters. The molecule has 0 aromatic rings. The van der Waals surface area contributed by atoms with Crippen LogP contribution in [0.25, 0.3) is 0 Å². The maximum absolute atomic E-state index is 9.58. The van der Waals surface area contributed by atoms with E-state index >= 15 is 0 Å². The molecule has 0 aromatic heterocycles. The summed E-state index contributed by atoms with van der Waals surface area (Å²) in [6.45, 7) is 7.85. The summed E-state index contributed by atoms with van der Waals surface area (Å²) >= 11 is 0. The predicted octanol–water partition coefficient (Wildman–Crippen LogP) is 1.33. The summed E-state index contributed by atoms with van der Waals surface area (Å²) in [5.41, 5.74) is 6.22. The molecule has 4 N–H and O–H groups in total. The second kappa shape index (κ2) is 7.21. The van der Waals surface area contributed by atoms with Crippen LogP contribution in [0.15, 0.2) is 0 Å². The smallest absolute Gasteiger partial charge is 0.0474 e. The van der Waals surface area contributed by atoms with Crippen LogP contribution in [0, 0.1) is 5.92 Å². The van der Waals surface area contributed by atoms with E-state index in [2.05, 4.69) is 24.1 Å². The first-order chi connectivity index (χ1) is 9.60. The van der Waals surface area contributed by atoms with Gasteiger partial charge in [-0.05, 0) is 45.4 Å². The summed E-state index contributed by atoms with van der Waals surface area (Å²) in [5.74, 6) is 0.426. The van der Waals surface area contributed by atoms with Crippen LogP contribution in [0.3, 0.4) is 0 Å². The van der Waals surface area contributed by atoms with E-state index in [0.717, 1.165) is 32.4 Å². The van der Waals surface area contributed by atoms with Crippen molar-refractivity contribution in [2.75, 3.05) is 26.2 Å². The number of rotatable bonds is 5. The Kier molecular flexibility index (Phi) is 5.84. The summed E-state index contributed by atoms with van der Waals surface area (Å²) in [6, 6.07) is 1.09. The lowest BCUT2D eigenvalue weighted by molar-refractivity contribution is 0.0769. The van der Waals surface area contributed by atoms with Crippen molar-refractivity contribution in [3.05, 3.63) is 0 Å². The van der Waals surface area contributed by atoms with Gasteiger partial charge in [-0.15, -0.1) is 0 Å². The van der Waals surface area contributed by atoms with E-state index < -0.39 is 0 Å². The fourth-order valence-corrected chi connectivity index (χ4v) is 3.89. The molecule has 0 bridgehead atoms. The Hall–Kier alpha value is -0.160. The van der Waals surface area contributed by atoms with Crippen molar-refractivity contribution in [1.29, 1.82) is 0 Å². The molecule has 2 unspecified atom stereocenters. The summed E-state index contributed by atoms with van der Waals surface area (Å²) in [4.78, 5) is 2.54. The fourth-order valence-electron chi connectivity index (χ4n) is 3.89. The van der Waals surface area contributed by atoms with Crippen LogP contribution in [-0.2, 0) is 0 Å². The van der Waals surface area contributed by atoms with Crippen LogP contribution in [0.1, 0.15) is 52.4 Å². The number of aliphatic hydroxyl groups excluding tert-OH is 1. The van der Waals surface area contributed by atoms with Crippen molar-refractivity contribution in [1.82, 2.24) is 10.2 Å². The Balaban J connectivity index is 1.94. The Morgan fingerprint density at radius 2 is 1.90 bits per heavy atom. The summed E-state index contributed by atoms with van der Waals surface area (Å²) < 4.78 is 0. The van der Waals surface area contributed by atoms with E-state index in [-0.39, 0.29) is 5.54 Å². The average Bonchev–Trinajstić information content (AvgIpc) is 2.48.